The van der Waals surface area contributed by atoms with E-state index < -0.39 is 0 Å². The lowest BCUT2D eigenvalue weighted by molar-refractivity contribution is 0.218. The van der Waals surface area contributed by atoms with E-state index in [0.29, 0.717) is 25.0 Å². The van der Waals surface area contributed by atoms with Gasteiger partial charge in [-0.05, 0) is 31.1 Å². The minimum absolute atomic E-state index is 0.298. The van der Waals surface area contributed by atoms with E-state index in [0.717, 1.165) is 19.3 Å². The Labute approximate surface area is 75.6 Å². The van der Waals surface area contributed by atoms with E-state index in [-0.39, 0.29) is 0 Å². The molecule has 0 saturated heterocycles. The predicted octanol–water partition coefficient (Wildman–Crippen LogP) is 1.80. The van der Waals surface area contributed by atoms with Gasteiger partial charge in [0.15, 0.2) is 0 Å². The Balaban J connectivity index is 3.24. The molecule has 0 spiro atoms. The van der Waals surface area contributed by atoms with Crippen molar-refractivity contribution in [2.24, 2.45) is 11.8 Å². The lowest BCUT2D eigenvalue weighted by atomic mass is 9.95. The van der Waals surface area contributed by atoms with E-state index in [1.54, 1.807) is 0 Å². The molecule has 0 aromatic carbocycles. The lowest BCUT2D eigenvalue weighted by Gasteiger charge is -2.12. The van der Waals surface area contributed by atoms with Crippen LogP contribution in [0.5, 0.6) is 0 Å². The Bertz CT molecular complexity index is 93.8. The molecule has 0 radical (unpaired) electrons. The summed E-state index contributed by atoms with van der Waals surface area (Å²) in [5.74, 6) is 1.12. The van der Waals surface area contributed by atoms with Crippen LogP contribution in [0.4, 0.5) is 0 Å². The van der Waals surface area contributed by atoms with E-state index in [2.05, 4.69) is 13.8 Å². The number of hydrogen-bond acceptors (Lipinski definition) is 2. The zero-order valence-electron chi connectivity index (χ0n) is 8.29. The molecule has 0 saturated carbocycles. The fourth-order valence-corrected chi connectivity index (χ4v) is 1.24. The summed E-state index contributed by atoms with van der Waals surface area (Å²) in [5.41, 5.74) is 0. The normalized spacial score (nSPS) is 16.0. The van der Waals surface area contributed by atoms with E-state index in [1.807, 2.05) is 0 Å². The SMILES string of the molecule is CC(CO)CCC(C)CCCO. The molecule has 74 valence electrons. The molecule has 0 heterocycles. The molecule has 0 bridgehead atoms. The molecule has 0 aromatic heterocycles. The van der Waals surface area contributed by atoms with Crippen molar-refractivity contribution in [2.75, 3.05) is 13.2 Å². The third-order valence-electron chi connectivity index (χ3n) is 2.32. The van der Waals surface area contributed by atoms with Crippen LogP contribution in [-0.4, -0.2) is 23.4 Å². The molecule has 2 heteroatoms. The number of hydrogen-bond donors (Lipinski definition) is 2. The average molecular weight is 174 g/mol. The van der Waals surface area contributed by atoms with Gasteiger partial charge in [-0.2, -0.15) is 0 Å². The van der Waals surface area contributed by atoms with Crippen LogP contribution >= 0.6 is 0 Å². The Hall–Kier alpha value is -0.0800. The molecule has 0 rings (SSSR count). The maximum atomic E-state index is 8.78. The van der Waals surface area contributed by atoms with Gasteiger partial charge < -0.3 is 10.2 Å². The molecule has 0 aliphatic heterocycles. The van der Waals surface area contributed by atoms with Crippen molar-refractivity contribution in [2.45, 2.75) is 39.5 Å². The van der Waals surface area contributed by atoms with Gasteiger partial charge in [0, 0.05) is 13.2 Å². The summed E-state index contributed by atoms with van der Waals surface area (Å²) < 4.78 is 0. The highest BCUT2D eigenvalue weighted by atomic mass is 16.3. The molecule has 0 aliphatic rings. The highest BCUT2D eigenvalue weighted by Gasteiger charge is 2.05. The zero-order chi connectivity index (χ0) is 9.40. The summed E-state index contributed by atoms with van der Waals surface area (Å²) in [5, 5.41) is 17.4. The average Bonchev–Trinajstić information content (AvgIpc) is 2.10. The summed E-state index contributed by atoms with van der Waals surface area (Å²) in [6.07, 6.45) is 4.29. The predicted molar refractivity (Wildman–Crippen MR) is 51.0 cm³/mol. The first kappa shape index (κ1) is 11.9. The van der Waals surface area contributed by atoms with Crippen molar-refractivity contribution in [1.29, 1.82) is 0 Å². The highest BCUT2D eigenvalue weighted by Crippen LogP contribution is 2.15. The van der Waals surface area contributed by atoms with Gasteiger partial charge in [0.25, 0.3) is 0 Å². The fraction of sp³-hybridized carbons (Fsp3) is 1.00. The van der Waals surface area contributed by atoms with Crippen molar-refractivity contribution in [3.63, 3.8) is 0 Å². The summed E-state index contributed by atoms with van der Waals surface area (Å²) in [6, 6.07) is 0. The maximum Gasteiger partial charge on any atom is 0.0456 e. The van der Waals surface area contributed by atoms with E-state index in [9.17, 15) is 0 Å². The Kier molecular flexibility index (Phi) is 7.51. The van der Waals surface area contributed by atoms with E-state index in [4.69, 9.17) is 10.2 Å². The lowest BCUT2D eigenvalue weighted by Crippen LogP contribution is -2.04. The molecule has 12 heavy (non-hydrogen) atoms. The molecule has 0 amide bonds. The van der Waals surface area contributed by atoms with Gasteiger partial charge in [0.1, 0.15) is 0 Å². The third-order valence-corrected chi connectivity index (χ3v) is 2.32. The molecule has 0 aliphatic carbocycles. The molecule has 0 fully saturated rings. The second kappa shape index (κ2) is 7.56. The molecule has 2 unspecified atom stereocenters. The van der Waals surface area contributed by atoms with Gasteiger partial charge in [-0.1, -0.05) is 20.3 Å². The van der Waals surface area contributed by atoms with Crippen LogP contribution in [0.15, 0.2) is 0 Å². The van der Waals surface area contributed by atoms with Crippen molar-refractivity contribution in [1.82, 2.24) is 0 Å². The molecule has 2 atom stereocenters. The van der Waals surface area contributed by atoms with Gasteiger partial charge in [-0.3, -0.25) is 0 Å². The van der Waals surface area contributed by atoms with Crippen molar-refractivity contribution >= 4 is 0 Å². The second-order valence-electron chi connectivity index (χ2n) is 3.84. The minimum atomic E-state index is 0.298. The van der Waals surface area contributed by atoms with Crippen LogP contribution in [0.2, 0.25) is 0 Å². The summed E-state index contributed by atoms with van der Waals surface area (Å²) >= 11 is 0. The summed E-state index contributed by atoms with van der Waals surface area (Å²) in [7, 11) is 0. The Morgan fingerprint density at radius 3 is 2.00 bits per heavy atom. The summed E-state index contributed by atoms with van der Waals surface area (Å²) in [6.45, 7) is 4.88. The van der Waals surface area contributed by atoms with Crippen LogP contribution < -0.4 is 0 Å². The smallest absolute Gasteiger partial charge is 0.0456 e. The van der Waals surface area contributed by atoms with Crippen LogP contribution in [0.25, 0.3) is 0 Å². The largest absolute Gasteiger partial charge is 0.396 e. The quantitative estimate of drug-likeness (QED) is 0.618. The van der Waals surface area contributed by atoms with E-state index in [1.165, 1.54) is 6.42 Å². The second-order valence-corrected chi connectivity index (χ2v) is 3.84. The highest BCUT2D eigenvalue weighted by molar-refractivity contribution is 4.57. The fourth-order valence-electron chi connectivity index (χ4n) is 1.24. The molecular formula is C10H22O2. The van der Waals surface area contributed by atoms with Gasteiger partial charge >= 0.3 is 0 Å². The third kappa shape index (κ3) is 6.62. The van der Waals surface area contributed by atoms with Gasteiger partial charge in [0.2, 0.25) is 0 Å². The molecule has 0 aromatic rings. The first-order valence-electron chi connectivity index (χ1n) is 4.92. The standard InChI is InChI=1S/C10H22O2/c1-9(4-3-7-11)5-6-10(2)8-12/h9-12H,3-8H2,1-2H3. The number of aliphatic hydroxyl groups is 2. The van der Waals surface area contributed by atoms with E-state index >= 15 is 0 Å². The number of aliphatic hydroxyl groups excluding tert-OH is 2. The first-order valence-corrected chi connectivity index (χ1v) is 4.92. The van der Waals surface area contributed by atoms with Crippen LogP contribution in [0.3, 0.4) is 0 Å². The van der Waals surface area contributed by atoms with Crippen LogP contribution in [0, 0.1) is 11.8 Å². The maximum absolute atomic E-state index is 8.78. The summed E-state index contributed by atoms with van der Waals surface area (Å²) in [4.78, 5) is 0. The van der Waals surface area contributed by atoms with Gasteiger partial charge in [-0.15, -0.1) is 0 Å². The van der Waals surface area contributed by atoms with Crippen molar-refractivity contribution in [3.05, 3.63) is 0 Å². The van der Waals surface area contributed by atoms with Crippen LogP contribution in [-0.2, 0) is 0 Å². The van der Waals surface area contributed by atoms with Gasteiger partial charge in [0.05, 0.1) is 0 Å². The number of rotatable bonds is 7. The minimum Gasteiger partial charge on any atom is -0.396 e. The Morgan fingerprint density at radius 1 is 0.917 bits per heavy atom. The molecular weight excluding hydrogens is 152 g/mol. The van der Waals surface area contributed by atoms with Crippen molar-refractivity contribution in [3.8, 4) is 0 Å². The van der Waals surface area contributed by atoms with Crippen molar-refractivity contribution < 1.29 is 10.2 Å². The molecule has 2 N–H and O–H groups in total. The molecule has 2 nitrogen and oxygen atoms in total. The first-order chi connectivity index (χ1) is 5.70. The van der Waals surface area contributed by atoms with Crippen LogP contribution in [0.1, 0.15) is 39.5 Å². The topological polar surface area (TPSA) is 40.5 Å². The zero-order valence-corrected chi connectivity index (χ0v) is 8.29. The Morgan fingerprint density at radius 2 is 1.50 bits per heavy atom. The van der Waals surface area contributed by atoms with Gasteiger partial charge in [-0.25, -0.2) is 0 Å². The monoisotopic (exact) mass is 174 g/mol.